The maximum absolute atomic E-state index is 4.83. The largest absolute Gasteiger partial charge is 0.228 e. The van der Waals surface area contributed by atoms with Crippen molar-refractivity contribution in [1.29, 1.82) is 0 Å². The van der Waals surface area contributed by atoms with Crippen LogP contribution in [0.2, 0.25) is 0 Å². The third kappa shape index (κ3) is 3.36. The van der Waals surface area contributed by atoms with Crippen LogP contribution < -0.4 is 5.46 Å². The number of hydrogen-bond donors (Lipinski definition) is 0. The molecule has 0 aliphatic rings. The lowest BCUT2D eigenvalue weighted by molar-refractivity contribution is 1.18. The van der Waals surface area contributed by atoms with Crippen molar-refractivity contribution in [2.24, 2.45) is 0 Å². The van der Waals surface area contributed by atoms with Gasteiger partial charge in [0.05, 0.1) is 11.4 Å². The second-order valence-corrected chi connectivity index (χ2v) is 6.06. The van der Waals surface area contributed by atoms with Crippen molar-refractivity contribution in [2.45, 2.75) is 0 Å². The number of nitrogens with zero attached hydrogens (tertiary/aromatic N) is 2. The van der Waals surface area contributed by atoms with Crippen molar-refractivity contribution in [3.05, 3.63) is 91.0 Å². The molecule has 1 heterocycles. The Labute approximate surface area is 148 Å². The van der Waals surface area contributed by atoms with Gasteiger partial charge in [0.2, 0.25) is 0 Å². The van der Waals surface area contributed by atoms with E-state index in [9.17, 15) is 0 Å². The Morgan fingerprint density at radius 3 is 1.72 bits per heavy atom. The molecule has 0 spiro atoms. The van der Waals surface area contributed by atoms with E-state index in [0.29, 0.717) is 0 Å². The molecule has 0 N–H and O–H groups in total. The van der Waals surface area contributed by atoms with Crippen LogP contribution in [0.25, 0.3) is 33.9 Å². The van der Waals surface area contributed by atoms with Crippen LogP contribution in [-0.2, 0) is 0 Å². The Balaban J connectivity index is 1.92. The van der Waals surface area contributed by atoms with Crippen LogP contribution in [0.5, 0.6) is 0 Å². The van der Waals surface area contributed by atoms with E-state index in [0.717, 1.165) is 33.9 Å². The number of benzene rings is 3. The first-order valence-corrected chi connectivity index (χ1v) is 8.36. The van der Waals surface area contributed by atoms with E-state index < -0.39 is 0 Å². The topological polar surface area (TPSA) is 25.8 Å². The Morgan fingerprint density at radius 2 is 1.08 bits per heavy atom. The van der Waals surface area contributed by atoms with E-state index in [-0.39, 0.29) is 0 Å². The van der Waals surface area contributed by atoms with Crippen molar-refractivity contribution >= 4 is 13.3 Å². The van der Waals surface area contributed by atoms with Gasteiger partial charge in [0, 0.05) is 11.1 Å². The minimum atomic E-state index is 0.749. The molecule has 0 radical (unpaired) electrons. The molecule has 1 aromatic heterocycles. The number of aromatic nitrogens is 2. The summed E-state index contributed by atoms with van der Waals surface area (Å²) in [7, 11) is 2.10. The van der Waals surface area contributed by atoms with Crippen LogP contribution in [0.4, 0.5) is 0 Å². The van der Waals surface area contributed by atoms with Crippen molar-refractivity contribution in [3.8, 4) is 33.9 Å². The molecule has 2 nitrogen and oxygen atoms in total. The van der Waals surface area contributed by atoms with Crippen LogP contribution in [0, 0.1) is 0 Å². The average Bonchev–Trinajstić information content (AvgIpc) is 2.69. The second kappa shape index (κ2) is 6.74. The van der Waals surface area contributed by atoms with E-state index in [1.807, 2.05) is 48.5 Å². The molecule has 4 aromatic rings. The molecule has 0 saturated carbocycles. The summed E-state index contributed by atoms with van der Waals surface area (Å²) in [5.41, 5.74) is 6.32. The summed E-state index contributed by atoms with van der Waals surface area (Å²) >= 11 is 0. The van der Waals surface area contributed by atoms with Crippen LogP contribution in [0.3, 0.4) is 0 Å². The molecule has 0 fully saturated rings. The molecule has 3 aromatic carbocycles. The normalized spacial score (nSPS) is 10.6. The highest BCUT2D eigenvalue weighted by molar-refractivity contribution is 6.32. The molecule has 3 heteroatoms. The highest BCUT2D eigenvalue weighted by Crippen LogP contribution is 2.26. The smallest absolute Gasteiger partial charge is 0.160 e. The Morgan fingerprint density at radius 1 is 0.520 bits per heavy atom. The van der Waals surface area contributed by atoms with Crippen LogP contribution in [-0.4, -0.2) is 17.8 Å². The monoisotopic (exact) mass is 320 g/mol. The molecule has 0 aliphatic heterocycles. The summed E-state index contributed by atoms with van der Waals surface area (Å²) in [5.74, 6) is 0.749. The van der Waals surface area contributed by atoms with E-state index in [2.05, 4.69) is 50.3 Å². The predicted molar refractivity (Wildman–Crippen MR) is 107 cm³/mol. The quantitative estimate of drug-likeness (QED) is 0.538. The van der Waals surface area contributed by atoms with Gasteiger partial charge in [-0.05, 0) is 11.6 Å². The van der Waals surface area contributed by atoms with E-state index in [1.165, 1.54) is 5.46 Å². The number of rotatable bonds is 3. The first-order valence-electron chi connectivity index (χ1n) is 8.36. The SMILES string of the molecule is Bc1cccc(-c2cc(-c3ccccc3)nc(-c3ccccc3)n2)c1. The summed E-state index contributed by atoms with van der Waals surface area (Å²) in [6, 6.07) is 30.9. The Hall–Kier alpha value is -3.20. The van der Waals surface area contributed by atoms with Crippen molar-refractivity contribution in [2.75, 3.05) is 0 Å². The first-order chi connectivity index (χ1) is 12.3. The zero-order valence-electron chi connectivity index (χ0n) is 14.1. The van der Waals surface area contributed by atoms with Gasteiger partial charge in [-0.15, -0.1) is 0 Å². The minimum Gasteiger partial charge on any atom is -0.228 e. The van der Waals surface area contributed by atoms with Gasteiger partial charge in [-0.1, -0.05) is 90.4 Å². The molecule has 118 valence electrons. The van der Waals surface area contributed by atoms with Gasteiger partial charge in [-0.25, -0.2) is 9.97 Å². The molecule has 4 rings (SSSR count). The van der Waals surface area contributed by atoms with Gasteiger partial charge in [0.1, 0.15) is 7.85 Å². The highest BCUT2D eigenvalue weighted by atomic mass is 14.9. The van der Waals surface area contributed by atoms with Gasteiger partial charge >= 0.3 is 0 Å². The molecule has 25 heavy (non-hydrogen) atoms. The van der Waals surface area contributed by atoms with Crippen LogP contribution >= 0.6 is 0 Å². The summed E-state index contributed by atoms with van der Waals surface area (Å²) in [5, 5.41) is 0. The first kappa shape index (κ1) is 15.3. The lowest BCUT2D eigenvalue weighted by Gasteiger charge is -2.09. The summed E-state index contributed by atoms with van der Waals surface area (Å²) in [4.78, 5) is 9.64. The molecular weight excluding hydrogens is 303 g/mol. The van der Waals surface area contributed by atoms with Crippen molar-refractivity contribution < 1.29 is 0 Å². The van der Waals surface area contributed by atoms with Crippen LogP contribution in [0.15, 0.2) is 91.0 Å². The minimum absolute atomic E-state index is 0.749. The molecular formula is C22H17BN2. The predicted octanol–water partition coefficient (Wildman–Crippen LogP) is 3.74. The lowest BCUT2D eigenvalue weighted by atomic mass is 9.93. The summed E-state index contributed by atoms with van der Waals surface area (Å²) in [6.07, 6.45) is 0. The zero-order valence-corrected chi connectivity index (χ0v) is 14.1. The molecule has 0 unspecified atom stereocenters. The highest BCUT2D eigenvalue weighted by Gasteiger charge is 2.10. The average molecular weight is 320 g/mol. The zero-order chi connectivity index (χ0) is 17.1. The molecule has 0 saturated heterocycles. The molecule has 0 bridgehead atoms. The fourth-order valence-electron chi connectivity index (χ4n) is 2.87. The van der Waals surface area contributed by atoms with E-state index >= 15 is 0 Å². The van der Waals surface area contributed by atoms with Gasteiger partial charge in [-0.2, -0.15) is 0 Å². The van der Waals surface area contributed by atoms with E-state index in [1.54, 1.807) is 0 Å². The summed E-state index contributed by atoms with van der Waals surface area (Å²) < 4.78 is 0. The lowest BCUT2D eigenvalue weighted by Crippen LogP contribution is -2.02. The van der Waals surface area contributed by atoms with Crippen LogP contribution in [0.1, 0.15) is 0 Å². The second-order valence-electron chi connectivity index (χ2n) is 6.06. The maximum Gasteiger partial charge on any atom is 0.160 e. The fourth-order valence-corrected chi connectivity index (χ4v) is 2.87. The van der Waals surface area contributed by atoms with E-state index in [4.69, 9.17) is 9.97 Å². The fraction of sp³-hybridized carbons (Fsp3) is 0. The molecule has 0 amide bonds. The third-order valence-electron chi connectivity index (χ3n) is 4.14. The van der Waals surface area contributed by atoms with Crippen molar-refractivity contribution in [1.82, 2.24) is 9.97 Å². The van der Waals surface area contributed by atoms with Gasteiger partial charge < -0.3 is 0 Å². The standard InChI is InChI=1S/C22H17BN2/c23-19-13-7-12-18(14-19)21-15-20(16-8-3-1-4-9-16)24-22(25-21)17-10-5-2-6-11-17/h1-15H,23H2. The number of hydrogen-bond acceptors (Lipinski definition) is 2. The van der Waals surface area contributed by atoms with Crippen molar-refractivity contribution in [3.63, 3.8) is 0 Å². The Bertz CT molecular complexity index is 941. The maximum atomic E-state index is 4.83. The van der Waals surface area contributed by atoms with Gasteiger partial charge in [0.25, 0.3) is 0 Å². The third-order valence-corrected chi connectivity index (χ3v) is 4.14. The molecule has 0 aliphatic carbocycles. The Kier molecular flexibility index (Phi) is 4.13. The molecule has 0 atom stereocenters. The van der Waals surface area contributed by atoms with Gasteiger partial charge in [-0.3, -0.25) is 0 Å². The summed E-state index contributed by atoms with van der Waals surface area (Å²) in [6.45, 7) is 0. The van der Waals surface area contributed by atoms with Gasteiger partial charge in [0.15, 0.2) is 5.82 Å².